The Morgan fingerprint density at radius 2 is 2.15 bits per heavy atom. The third-order valence-corrected chi connectivity index (χ3v) is 2.57. The van der Waals surface area contributed by atoms with Gasteiger partial charge in [0.25, 0.3) is 0 Å². The van der Waals surface area contributed by atoms with Gasteiger partial charge in [-0.1, -0.05) is 0 Å². The summed E-state index contributed by atoms with van der Waals surface area (Å²) in [6.07, 6.45) is 1.21. The Kier molecular flexibility index (Phi) is 6.07. The highest BCUT2D eigenvalue weighted by Gasteiger charge is 2.08. The molecule has 1 N–H and O–H groups in total. The van der Waals surface area contributed by atoms with Crippen molar-refractivity contribution in [2.24, 2.45) is 4.99 Å². The summed E-state index contributed by atoms with van der Waals surface area (Å²) in [7, 11) is -2.98. The van der Waals surface area contributed by atoms with Crippen LogP contribution in [0.15, 0.2) is 4.99 Å². The molecule has 0 saturated carbocycles. The second-order valence-electron chi connectivity index (χ2n) is 2.83. The van der Waals surface area contributed by atoms with Crippen LogP contribution in [0.1, 0.15) is 12.8 Å². The smallest absolute Gasteiger partial charge is 0.147 e. The molecular weight excluding hydrogens is 210 g/mol. The fraction of sp³-hybridized carbons (Fsp3) is 0.857. The number of hydrogen-bond acceptors (Lipinski definition) is 5. The zero-order valence-electron chi connectivity index (χ0n) is 7.43. The quantitative estimate of drug-likeness (QED) is 0.518. The molecule has 0 spiro atoms. The molecule has 0 rings (SSSR count). The average molecular weight is 223 g/mol. The third-order valence-electron chi connectivity index (χ3n) is 1.46. The van der Waals surface area contributed by atoms with Gasteiger partial charge in [-0.2, -0.15) is 0 Å². The van der Waals surface area contributed by atoms with Gasteiger partial charge in [0.15, 0.2) is 0 Å². The summed E-state index contributed by atoms with van der Waals surface area (Å²) in [5, 5.41) is 11.4. The SMILES string of the molecule is CS(=O)(=O)CCC(O)CCN=C=S. The minimum atomic E-state index is -2.98. The highest BCUT2D eigenvalue weighted by molar-refractivity contribution is 7.90. The van der Waals surface area contributed by atoms with Gasteiger partial charge >= 0.3 is 0 Å². The molecule has 1 unspecified atom stereocenters. The van der Waals surface area contributed by atoms with E-state index in [0.717, 1.165) is 6.26 Å². The predicted octanol–water partition coefficient (Wildman–Crippen LogP) is 0.275. The van der Waals surface area contributed by atoms with Crippen molar-refractivity contribution < 1.29 is 13.5 Å². The van der Waals surface area contributed by atoms with Gasteiger partial charge in [-0.25, -0.2) is 13.4 Å². The van der Waals surface area contributed by atoms with E-state index >= 15 is 0 Å². The van der Waals surface area contributed by atoms with Gasteiger partial charge in [0, 0.05) is 6.26 Å². The normalized spacial score (nSPS) is 13.4. The monoisotopic (exact) mass is 223 g/mol. The summed E-state index contributed by atoms with van der Waals surface area (Å²) >= 11 is 4.33. The second kappa shape index (κ2) is 6.21. The van der Waals surface area contributed by atoms with Crippen LogP contribution in [-0.2, 0) is 9.84 Å². The van der Waals surface area contributed by atoms with E-state index in [9.17, 15) is 13.5 Å². The molecule has 0 amide bonds. The summed E-state index contributed by atoms with van der Waals surface area (Å²) in [5.41, 5.74) is 0. The molecule has 0 saturated heterocycles. The molecule has 13 heavy (non-hydrogen) atoms. The summed E-state index contributed by atoms with van der Waals surface area (Å²) in [6, 6.07) is 0. The highest BCUT2D eigenvalue weighted by atomic mass is 32.2. The lowest BCUT2D eigenvalue weighted by Gasteiger charge is -2.06. The Labute approximate surface area is 83.6 Å². The molecule has 0 aliphatic carbocycles. The Balaban J connectivity index is 3.63. The third kappa shape index (κ3) is 9.63. The van der Waals surface area contributed by atoms with Crippen LogP contribution in [0.25, 0.3) is 0 Å². The molecule has 4 nitrogen and oxygen atoms in total. The standard InChI is InChI=1S/C7H13NO3S2/c1-13(10,11)5-3-7(9)2-4-8-6-12/h7,9H,2-5H2,1H3. The van der Waals surface area contributed by atoms with Gasteiger partial charge in [-0.15, -0.1) is 0 Å². The van der Waals surface area contributed by atoms with Crippen LogP contribution in [0.3, 0.4) is 0 Å². The van der Waals surface area contributed by atoms with E-state index in [1.807, 2.05) is 0 Å². The number of aliphatic hydroxyl groups excluding tert-OH is 1. The lowest BCUT2D eigenvalue weighted by molar-refractivity contribution is 0.164. The zero-order valence-corrected chi connectivity index (χ0v) is 9.07. The van der Waals surface area contributed by atoms with Gasteiger partial charge in [0.1, 0.15) is 9.84 Å². The largest absolute Gasteiger partial charge is 0.393 e. The Bertz CT molecular complexity index is 280. The maximum absolute atomic E-state index is 10.7. The zero-order chi connectivity index (χ0) is 10.3. The van der Waals surface area contributed by atoms with E-state index in [4.69, 9.17) is 0 Å². The van der Waals surface area contributed by atoms with Gasteiger partial charge in [0.2, 0.25) is 0 Å². The van der Waals surface area contributed by atoms with E-state index in [1.54, 1.807) is 0 Å². The van der Waals surface area contributed by atoms with Crippen molar-refractivity contribution >= 4 is 27.2 Å². The van der Waals surface area contributed by atoms with Crippen molar-refractivity contribution in [1.29, 1.82) is 0 Å². The molecule has 0 radical (unpaired) electrons. The minimum absolute atomic E-state index is 0.00940. The molecule has 0 aliphatic heterocycles. The molecule has 0 aliphatic rings. The molecular formula is C7H13NO3S2. The topological polar surface area (TPSA) is 66.7 Å². The first-order valence-electron chi connectivity index (χ1n) is 3.85. The Hall–Kier alpha value is -0.290. The van der Waals surface area contributed by atoms with Gasteiger partial charge in [0.05, 0.1) is 23.6 Å². The molecule has 0 aromatic heterocycles. The van der Waals surface area contributed by atoms with E-state index in [2.05, 4.69) is 22.4 Å². The molecule has 0 bridgehead atoms. The van der Waals surface area contributed by atoms with Gasteiger partial charge < -0.3 is 5.11 Å². The van der Waals surface area contributed by atoms with Crippen LogP contribution in [0, 0.1) is 0 Å². The molecule has 76 valence electrons. The van der Waals surface area contributed by atoms with Crippen LogP contribution in [0.5, 0.6) is 0 Å². The first-order chi connectivity index (χ1) is 5.95. The lowest BCUT2D eigenvalue weighted by Crippen LogP contribution is -2.14. The van der Waals surface area contributed by atoms with Crippen molar-refractivity contribution in [3.05, 3.63) is 0 Å². The van der Waals surface area contributed by atoms with Crippen LogP contribution in [0.4, 0.5) is 0 Å². The number of rotatable bonds is 6. The minimum Gasteiger partial charge on any atom is -0.393 e. The van der Waals surface area contributed by atoms with Crippen LogP contribution < -0.4 is 0 Å². The van der Waals surface area contributed by atoms with Crippen molar-refractivity contribution in [3.8, 4) is 0 Å². The maximum Gasteiger partial charge on any atom is 0.147 e. The van der Waals surface area contributed by atoms with Gasteiger partial charge in [-0.05, 0) is 25.1 Å². The van der Waals surface area contributed by atoms with E-state index in [-0.39, 0.29) is 12.2 Å². The molecule has 0 aromatic rings. The average Bonchev–Trinajstić information content (AvgIpc) is 2.00. The lowest BCUT2D eigenvalue weighted by atomic mass is 10.2. The van der Waals surface area contributed by atoms with E-state index in [1.165, 1.54) is 0 Å². The van der Waals surface area contributed by atoms with Crippen molar-refractivity contribution in [2.45, 2.75) is 18.9 Å². The summed E-state index contributed by atoms with van der Waals surface area (Å²) in [4.78, 5) is 3.61. The predicted molar refractivity (Wildman–Crippen MR) is 54.8 cm³/mol. The van der Waals surface area contributed by atoms with Crippen molar-refractivity contribution in [2.75, 3.05) is 18.6 Å². The van der Waals surface area contributed by atoms with E-state index < -0.39 is 15.9 Å². The maximum atomic E-state index is 10.7. The fourth-order valence-electron chi connectivity index (χ4n) is 0.754. The van der Waals surface area contributed by atoms with Crippen LogP contribution >= 0.6 is 12.2 Å². The second-order valence-corrected chi connectivity index (χ2v) is 5.28. The summed E-state index contributed by atoms with van der Waals surface area (Å²) < 4.78 is 21.4. The summed E-state index contributed by atoms with van der Waals surface area (Å²) in [5.74, 6) is 0.00940. The fourth-order valence-corrected chi connectivity index (χ4v) is 1.55. The van der Waals surface area contributed by atoms with Crippen LogP contribution in [0.2, 0.25) is 0 Å². The Morgan fingerprint density at radius 1 is 1.54 bits per heavy atom. The van der Waals surface area contributed by atoms with Crippen molar-refractivity contribution in [3.63, 3.8) is 0 Å². The summed E-state index contributed by atoms with van der Waals surface area (Å²) in [6.45, 7) is 0.397. The van der Waals surface area contributed by atoms with Crippen LogP contribution in [-0.4, -0.2) is 43.3 Å². The highest BCUT2D eigenvalue weighted by Crippen LogP contribution is 2.00. The number of thiocarbonyl (C=S) groups is 1. The first kappa shape index (κ1) is 12.7. The number of aliphatic hydroxyl groups is 1. The van der Waals surface area contributed by atoms with Crippen molar-refractivity contribution in [1.82, 2.24) is 0 Å². The first-order valence-corrected chi connectivity index (χ1v) is 6.32. The molecule has 0 heterocycles. The van der Waals surface area contributed by atoms with E-state index in [0.29, 0.717) is 13.0 Å². The number of sulfone groups is 1. The number of aliphatic imine (C=N–C) groups is 1. The molecule has 6 heteroatoms. The molecule has 1 atom stereocenters. The van der Waals surface area contributed by atoms with Gasteiger partial charge in [-0.3, -0.25) is 0 Å². The number of nitrogens with zero attached hydrogens (tertiary/aromatic N) is 1. The molecule has 0 aromatic carbocycles. The Morgan fingerprint density at radius 3 is 2.62 bits per heavy atom. The number of hydrogen-bond donors (Lipinski definition) is 1. The number of isothiocyanates is 1. The molecule has 0 fully saturated rings.